The Balaban J connectivity index is 0.00000192. The van der Waals surface area contributed by atoms with Crippen LogP contribution in [0.15, 0.2) is 28.7 Å². The molecule has 0 aliphatic carbocycles. The van der Waals surface area contributed by atoms with E-state index in [1.807, 2.05) is 24.3 Å². The molecule has 1 atom stereocenters. The molecule has 0 radical (unpaired) electrons. The molecule has 0 saturated carbocycles. The van der Waals surface area contributed by atoms with Crippen molar-refractivity contribution in [3.05, 3.63) is 34.6 Å². The molecule has 0 amide bonds. The van der Waals surface area contributed by atoms with Crippen molar-refractivity contribution in [3.8, 4) is 5.69 Å². The Bertz CT molecular complexity index is 659. The molecular weight excluding hydrogens is 380 g/mol. The highest BCUT2D eigenvalue weighted by Crippen LogP contribution is 2.28. The first-order valence-corrected chi connectivity index (χ1v) is 8.27. The summed E-state index contributed by atoms with van der Waals surface area (Å²) in [7, 11) is 0. The third-order valence-electron chi connectivity index (χ3n) is 4.37. The number of para-hydroxylation sites is 1. The van der Waals surface area contributed by atoms with Gasteiger partial charge in [0.25, 0.3) is 0 Å². The van der Waals surface area contributed by atoms with Gasteiger partial charge in [-0.15, -0.1) is 17.5 Å². The van der Waals surface area contributed by atoms with Crippen molar-refractivity contribution in [2.45, 2.75) is 32.9 Å². The molecule has 1 unspecified atom stereocenters. The number of halogens is 2. The monoisotopic (exact) mass is 400 g/mol. The molecule has 1 fully saturated rings. The SMILES string of the molecule is CC1(C)CN(Cc2nnnn2-c2ccccc2Br)CCC1N.Cl. The molecule has 6 nitrogen and oxygen atoms in total. The van der Waals surface area contributed by atoms with Gasteiger partial charge in [-0.05, 0) is 50.3 Å². The molecule has 1 saturated heterocycles. The lowest BCUT2D eigenvalue weighted by atomic mass is 9.80. The first-order chi connectivity index (χ1) is 10.5. The maximum absolute atomic E-state index is 6.21. The van der Waals surface area contributed by atoms with Gasteiger partial charge in [0.15, 0.2) is 5.82 Å². The Morgan fingerprint density at radius 1 is 1.35 bits per heavy atom. The van der Waals surface area contributed by atoms with Crippen LogP contribution >= 0.6 is 28.3 Å². The van der Waals surface area contributed by atoms with Gasteiger partial charge >= 0.3 is 0 Å². The summed E-state index contributed by atoms with van der Waals surface area (Å²) < 4.78 is 2.77. The van der Waals surface area contributed by atoms with Gasteiger partial charge in [-0.3, -0.25) is 4.90 Å². The van der Waals surface area contributed by atoms with E-state index in [4.69, 9.17) is 5.73 Å². The molecule has 1 aromatic carbocycles. The second kappa shape index (κ2) is 7.25. The predicted octanol–water partition coefficient (Wildman–Crippen LogP) is 2.41. The summed E-state index contributed by atoms with van der Waals surface area (Å²) in [5.41, 5.74) is 7.28. The summed E-state index contributed by atoms with van der Waals surface area (Å²) in [4.78, 5) is 2.38. The first kappa shape index (κ1) is 18.3. The molecule has 1 aliphatic rings. The number of nitrogens with two attached hydrogens (primary N) is 1. The summed E-state index contributed by atoms with van der Waals surface area (Å²) in [6, 6.07) is 8.20. The van der Waals surface area contributed by atoms with Gasteiger partial charge in [0.1, 0.15) is 0 Å². The van der Waals surface area contributed by atoms with Crippen molar-refractivity contribution < 1.29 is 0 Å². The molecule has 0 bridgehead atoms. The predicted molar refractivity (Wildman–Crippen MR) is 95.8 cm³/mol. The second-order valence-electron chi connectivity index (χ2n) is 6.55. The minimum absolute atomic E-state index is 0. The number of hydrogen-bond acceptors (Lipinski definition) is 5. The standard InChI is InChI=1S/C15H21BrN6.ClH/c1-15(2)10-21(8-7-13(15)17)9-14-18-19-20-22(14)12-6-4-3-5-11(12)16;/h3-6,13H,7-10,17H2,1-2H3;1H. The first-order valence-electron chi connectivity index (χ1n) is 7.47. The fourth-order valence-corrected chi connectivity index (χ4v) is 3.39. The van der Waals surface area contributed by atoms with Crippen LogP contribution in [0.25, 0.3) is 5.69 Å². The summed E-state index contributed by atoms with van der Waals surface area (Å²) in [5.74, 6) is 0.846. The molecule has 3 rings (SSSR count). The van der Waals surface area contributed by atoms with E-state index in [-0.39, 0.29) is 23.9 Å². The van der Waals surface area contributed by atoms with Crippen molar-refractivity contribution in [1.29, 1.82) is 0 Å². The topological polar surface area (TPSA) is 72.9 Å². The Hall–Kier alpha value is -1.02. The Morgan fingerprint density at radius 3 is 2.78 bits per heavy atom. The number of benzene rings is 1. The number of piperidine rings is 1. The third-order valence-corrected chi connectivity index (χ3v) is 5.04. The highest BCUT2D eigenvalue weighted by Gasteiger charge is 2.33. The fourth-order valence-electron chi connectivity index (χ4n) is 2.93. The fraction of sp³-hybridized carbons (Fsp3) is 0.533. The van der Waals surface area contributed by atoms with E-state index in [0.717, 1.165) is 42.0 Å². The molecule has 2 N–H and O–H groups in total. The molecule has 126 valence electrons. The van der Waals surface area contributed by atoms with Crippen LogP contribution in [0.4, 0.5) is 0 Å². The molecule has 1 aromatic heterocycles. The van der Waals surface area contributed by atoms with E-state index in [1.165, 1.54) is 0 Å². The molecule has 23 heavy (non-hydrogen) atoms. The van der Waals surface area contributed by atoms with Crippen LogP contribution in [-0.2, 0) is 6.54 Å². The third kappa shape index (κ3) is 3.91. The van der Waals surface area contributed by atoms with E-state index in [0.29, 0.717) is 0 Å². The van der Waals surface area contributed by atoms with Gasteiger partial charge in [-0.1, -0.05) is 26.0 Å². The number of nitrogens with zero attached hydrogens (tertiary/aromatic N) is 5. The summed E-state index contributed by atoms with van der Waals surface area (Å²) in [6.07, 6.45) is 1.00. The van der Waals surface area contributed by atoms with E-state index in [2.05, 4.69) is 50.2 Å². The molecule has 1 aliphatic heterocycles. The number of likely N-dealkylation sites (tertiary alicyclic amines) is 1. The Kier molecular flexibility index (Phi) is 5.78. The van der Waals surface area contributed by atoms with Crippen molar-refractivity contribution >= 4 is 28.3 Å². The van der Waals surface area contributed by atoms with Crippen molar-refractivity contribution in [2.75, 3.05) is 13.1 Å². The van der Waals surface area contributed by atoms with Crippen LogP contribution in [0.3, 0.4) is 0 Å². The van der Waals surface area contributed by atoms with Crippen LogP contribution in [0, 0.1) is 5.41 Å². The molecular formula is C15H22BrClN6. The summed E-state index contributed by atoms with van der Waals surface area (Å²) in [6.45, 7) is 7.11. The number of hydrogen-bond donors (Lipinski definition) is 1. The number of aromatic nitrogens is 4. The maximum Gasteiger partial charge on any atom is 0.170 e. The molecule has 2 aromatic rings. The maximum atomic E-state index is 6.21. The second-order valence-corrected chi connectivity index (χ2v) is 7.41. The van der Waals surface area contributed by atoms with E-state index in [9.17, 15) is 0 Å². The summed E-state index contributed by atoms with van der Waals surface area (Å²) >= 11 is 3.56. The van der Waals surface area contributed by atoms with Gasteiger partial charge in [0, 0.05) is 23.6 Å². The Morgan fingerprint density at radius 2 is 2.09 bits per heavy atom. The van der Waals surface area contributed by atoms with Crippen molar-refractivity contribution in [3.63, 3.8) is 0 Å². The molecule has 0 spiro atoms. The van der Waals surface area contributed by atoms with Crippen molar-refractivity contribution in [1.82, 2.24) is 25.1 Å². The average Bonchev–Trinajstić information content (AvgIpc) is 2.91. The minimum atomic E-state index is 0. The Labute approximate surface area is 151 Å². The van der Waals surface area contributed by atoms with Crippen LogP contribution in [0.5, 0.6) is 0 Å². The largest absolute Gasteiger partial charge is 0.327 e. The van der Waals surface area contributed by atoms with Gasteiger partial charge < -0.3 is 5.73 Å². The molecule has 2 heterocycles. The quantitative estimate of drug-likeness (QED) is 0.855. The van der Waals surface area contributed by atoms with Crippen molar-refractivity contribution in [2.24, 2.45) is 11.1 Å². The van der Waals surface area contributed by atoms with Crippen LogP contribution in [0.1, 0.15) is 26.1 Å². The zero-order chi connectivity index (χ0) is 15.7. The zero-order valence-electron chi connectivity index (χ0n) is 13.3. The lowest BCUT2D eigenvalue weighted by Gasteiger charge is -2.42. The minimum Gasteiger partial charge on any atom is -0.327 e. The highest BCUT2D eigenvalue weighted by atomic mass is 79.9. The van der Waals surface area contributed by atoms with Crippen LogP contribution in [-0.4, -0.2) is 44.2 Å². The zero-order valence-corrected chi connectivity index (χ0v) is 15.7. The molecule has 8 heteroatoms. The van der Waals surface area contributed by atoms with E-state index < -0.39 is 0 Å². The van der Waals surface area contributed by atoms with Crippen LogP contribution < -0.4 is 5.73 Å². The van der Waals surface area contributed by atoms with Gasteiger partial charge in [-0.2, -0.15) is 4.68 Å². The average molecular weight is 402 g/mol. The normalized spacial score (nSPS) is 21.0. The van der Waals surface area contributed by atoms with Gasteiger partial charge in [0.2, 0.25) is 0 Å². The van der Waals surface area contributed by atoms with Gasteiger partial charge in [0.05, 0.1) is 12.2 Å². The lowest BCUT2D eigenvalue weighted by molar-refractivity contribution is 0.0872. The number of rotatable bonds is 3. The van der Waals surface area contributed by atoms with E-state index >= 15 is 0 Å². The van der Waals surface area contributed by atoms with Gasteiger partial charge in [-0.25, -0.2) is 0 Å². The lowest BCUT2D eigenvalue weighted by Crippen LogP contribution is -2.52. The van der Waals surface area contributed by atoms with Crippen LogP contribution in [0.2, 0.25) is 0 Å². The van der Waals surface area contributed by atoms with E-state index in [1.54, 1.807) is 4.68 Å². The summed E-state index contributed by atoms with van der Waals surface area (Å²) in [5, 5.41) is 12.2. The smallest absolute Gasteiger partial charge is 0.170 e. The highest BCUT2D eigenvalue weighted by molar-refractivity contribution is 9.10. The number of tetrazole rings is 1.